The minimum atomic E-state index is -0.577. The number of rotatable bonds is 5. The summed E-state index contributed by atoms with van der Waals surface area (Å²) in [5, 5.41) is 2.76. The molecule has 148 valence electrons. The monoisotopic (exact) mass is 377 g/mol. The molecule has 0 atom stereocenters. The maximum absolute atomic E-state index is 13.5. The van der Waals surface area contributed by atoms with Crippen molar-refractivity contribution in [3.05, 3.63) is 30.1 Å². The molecule has 6 nitrogen and oxygen atoms in total. The number of hydrogen-bond acceptors (Lipinski definition) is 4. The van der Waals surface area contributed by atoms with Gasteiger partial charge in [0.05, 0.1) is 6.42 Å². The summed E-state index contributed by atoms with van der Waals surface area (Å²) < 4.78 is 18.4. The highest BCUT2D eigenvalue weighted by atomic mass is 19.1. The average Bonchev–Trinajstić information content (AvgIpc) is 2.70. The second-order valence-electron chi connectivity index (χ2n) is 7.20. The standard InChI is InChI=1S/C20H28FN3O3/c21-17-6-2-3-7-18(17)27-19(25)8-11-22-20(26)24-14-9-16(10-15-24)23-12-4-1-5-13-23/h2-3,6-7,16H,1,4-5,8-15H2,(H,22,26). The Hall–Kier alpha value is -2.15. The van der Waals surface area contributed by atoms with Crippen LogP contribution in [-0.4, -0.2) is 60.6 Å². The second-order valence-corrected chi connectivity index (χ2v) is 7.20. The van der Waals surface area contributed by atoms with Crippen LogP contribution in [0.2, 0.25) is 0 Å². The zero-order chi connectivity index (χ0) is 19.1. The minimum absolute atomic E-state index is 0.00428. The molecule has 2 aliphatic heterocycles. The molecule has 0 saturated carbocycles. The van der Waals surface area contributed by atoms with Crippen LogP contribution in [0, 0.1) is 5.82 Å². The number of halogens is 1. The van der Waals surface area contributed by atoms with E-state index < -0.39 is 11.8 Å². The number of carbonyl (C=O) groups excluding carboxylic acids is 2. The van der Waals surface area contributed by atoms with Crippen LogP contribution in [0.3, 0.4) is 0 Å². The van der Waals surface area contributed by atoms with Crippen molar-refractivity contribution in [1.82, 2.24) is 15.1 Å². The number of para-hydroxylation sites is 1. The topological polar surface area (TPSA) is 61.9 Å². The van der Waals surface area contributed by atoms with E-state index in [1.165, 1.54) is 50.6 Å². The molecule has 1 aromatic rings. The van der Waals surface area contributed by atoms with Gasteiger partial charge in [-0.1, -0.05) is 18.6 Å². The van der Waals surface area contributed by atoms with Gasteiger partial charge in [-0.3, -0.25) is 4.79 Å². The highest BCUT2D eigenvalue weighted by molar-refractivity contribution is 5.76. The highest BCUT2D eigenvalue weighted by Crippen LogP contribution is 2.21. The predicted octanol–water partition coefficient (Wildman–Crippen LogP) is 2.78. The Labute approximate surface area is 159 Å². The van der Waals surface area contributed by atoms with Crippen molar-refractivity contribution < 1.29 is 18.7 Å². The molecule has 2 saturated heterocycles. The van der Waals surface area contributed by atoms with Gasteiger partial charge in [0.1, 0.15) is 0 Å². The zero-order valence-electron chi connectivity index (χ0n) is 15.7. The summed E-state index contributed by atoms with van der Waals surface area (Å²) in [6.07, 6.45) is 5.90. The summed E-state index contributed by atoms with van der Waals surface area (Å²) in [5.41, 5.74) is 0. The number of nitrogens with zero attached hydrogens (tertiary/aromatic N) is 2. The van der Waals surface area contributed by atoms with Gasteiger partial charge in [0.15, 0.2) is 11.6 Å². The van der Waals surface area contributed by atoms with Crippen LogP contribution < -0.4 is 10.1 Å². The molecule has 7 heteroatoms. The molecule has 0 unspecified atom stereocenters. The Morgan fingerprint density at radius 3 is 2.48 bits per heavy atom. The van der Waals surface area contributed by atoms with Crippen LogP contribution in [0.1, 0.15) is 38.5 Å². The molecule has 27 heavy (non-hydrogen) atoms. The fraction of sp³-hybridized carbons (Fsp3) is 0.600. The van der Waals surface area contributed by atoms with Crippen molar-refractivity contribution in [1.29, 1.82) is 0 Å². The average molecular weight is 377 g/mol. The van der Waals surface area contributed by atoms with E-state index in [1.807, 2.05) is 4.90 Å². The summed E-state index contributed by atoms with van der Waals surface area (Å²) >= 11 is 0. The molecule has 0 radical (unpaired) electrons. The van der Waals surface area contributed by atoms with Crippen molar-refractivity contribution in [2.75, 3.05) is 32.7 Å². The SMILES string of the molecule is O=C(CCNC(=O)N1CCC(N2CCCCC2)CC1)Oc1ccccc1F. The molecule has 0 aromatic heterocycles. The lowest BCUT2D eigenvalue weighted by molar-refractivity contribution is -0.134. The van der Waals surface area contributed by atoms with Crippen molar-refractivity contribution in [3.8, 4) is 5.75 Å². The minimum Gasteiger partial charge on any atom is -0.423 e. The first-order chi connectivity index (χ1) is 13.1. The van der Waals surface area contributed by atoms with E-state index in [4.69, 9.17) is 4.74 Å². The fourth-order valence-corrected chi connectivity index (χ4v) is 3.80. The van der Waals surface area contributed by atoms with Crippen LogP contribution in [0.15, 0.2) is 24.3 Å². The van der Waals surface area contributed by atoms with Gasteiger partial charge in [0, 0.05) is 25.7 Å². The molecule has 2 aliphatic rings. The quantitative estimate of drug-likeness (QED) is 0.633. The zero-order valence-corrected chi connectivity index (χ0v) is 15.7. The lowest BCUT2D eigenvalue weighted by Gasteiger charge is -2.40. The third-order valence-corrected chi connectivity index (χ3v) is 5.32. The first kappa shape index (κ1) is 19.6. The van der Waals surface area contributed by atoms with Crippen LogP contribution in [-0.2, 0) is 4.79 Å². The van der Waals surface area contributed by atoms with E-state index in [-0.39, 0.29) is 24.7 Å². The largest absolute Gasteiger partial charge is 0.423 e. The number of benzene rings is 1. The molecule has 2 heterocycles. The van der Waals surface area contributed by atoms with E-state index in [1.54, 1.807) is 6.07 Å². The number of amides is 2. The third-order valence-electron chi connectivity index (χ3n) is 5.32. The van der Waals surface area contributed by atoms with Crippen LogP contribution in [0.4, 0.5) is 9.18 Å². The summed E-state index contributed by atoms with van der Waals surface area (Å²) in [7, 11) is 0. The molecule has 0 aliphatic carbocycles. The van der Waals surface area contributed by atoms with Gasteiger partial charge >= 0.3 is 12.0 Å². The van der Waals surface area contributed by atoms with E-state index in [9.17, 15) is 14.0 Å². The molecule has 1 N–H and O–H groups in total. The van der Waals surface area contributed by atoms with Crippen molar-refractivity contribution in [3.63, 3.8) is 0 Å². The van der Waals surface area contributed by atoms with Crippen LogP contribution in [0.5, 0.6) is 5.75 Å². The van der Waals surface area contributed by atoms with Crippen molar-refractivity contribution in [2.24, 2.45) is 0 Å². The predicted molar refractivity (Wildman–Crippen MR) is 100 cm³/mol. The third kappa shape index (κ3) is 5.66. The number of nitrogens with one attached hydrogen (secondary N) is 1. The van der Waals surface area contributed by atoms with E-state index in [0.29, 0.717) is 6.04 Å². The number of likely N-dealkylation sites (tertiary alicyclic amines) is 2. The number of ether oxygens (including phenoxy) is 1. The molecule has 3 rings (SSSR count). The van der Waals surface area contributed by atoms with Gasteiger partial charge in [-0.25, -0.2) is 9.18 Å². The first-order valence-electron chi connectivity index (χ1n) is 9.85. The molecule has 0 bridgehead atoms. The summed E-state index contributed by atoms with van der Waals surface area (Å²) in [5.74, 6) is -1.23. The molecule has 2 amide bonds. The maximum Gasteiger partial charge on any atom is 0.317 e. The summed E-state index contributed by atoms with van der Waals surface area (Å²) in [4.78, 5) is 28.4. The van der Waals surface area contributed by atoms with E-state index in [2.05, 4.69) is 10.2 Å². The van der Waals surface area contributed by atoms with Crippen molar-refractivity contribution >= 4 is 12.0 Å². The summed E-state index contributed by atoms with van der Waals surface area (Å²) in [6.45, 7) is 4.03. The number of carbonyl (C=O) groups is 2. The number of urea groups is 1. The molecular formula is C20H28FN3O3. The Balaban J connectivity index is 1.34. The van der Waals surface area contributed by atoms with E-state index in [0.717, 1.165) is 25.9 Å². The second kappa shape index (κ2) is 9.69. The van der Waals surface area contributed by atoms with Gasteiger partial charge in [-0.15, -0.1) is 0 Å². The summed E-state index contributed by atoms with van der Waals surface area (Å²) in [6, 6.07) is 6.20. The highest BCUT2D eigenvalue weighted by Gasteiger charge is 2.27. The fourth-order valence-electron chi connectivity index (χ4n) is 3.80. The Morgan fingerprint density at radius 2 is 1.78 bits per heavy atom. The first-order valence-corrected chi connectivity index (χ1v) is 9.85. The Bertz CT molecular complexity index is 641. The number of hydrogen-bond donors (Lipinski definition) is 1. The lowest BCUT2D eigenvalue weighted by atomic mass is 10.0. The van der Waals surface area contributed by atoms with Gasteiger partial charge < -0.3 is 19.9 Å². The molecular weight excluding hydrogens is 349 g/mol. The van der Waals surface area contributed by atoms with E-state index >= 15 is 0 Å². The van der Waals surface area contributed by atoms with Crippen molar-refractivity contribution in [2.45, 2.75) is 44.6 Å². The van der Waals surface area contributed by atoms with Gasteiger partial charge in [-0.2, -0.15) is 0 Å². The molecule has 2 fully saturated rings. The number of esters is 1. The van der Waals surface area contributed by atoms with Crippen LogP contribution >= 0.6 is 0 Å². The number of piperidine rings is 2. The van der Waals surface area contributed by atoms with Crippen LogP contribution in [0.25, 0.3) is 0 Å². The smallest absolute Gasteiger partial charge is 0.317 e. The normalized spacial score (nSPS) is 18.9. The maximum atomic E-state index is 13.5. The van der Waals surface area contributed by atoms with Gasteiger partial charge in [0.2, 0.25) is 0 Å². The Morgan fingerprint density at radius 1 is 1.07 bits per heavy atom. The van der Waals surface area contributed by atoms with Gasteiger partial charge in [0.25, 0.3) is 0 Å². The molecule has 0 spiro atoms. The Kier molecular flexibility index (Phi) is 7.04. The van der Waals surface area contributed by atoms with Gasteiger partial charge in [-0.05, 0) is 50.9 Å². The lowest BCUT2D eigenvalue weighted by Crippen LogP contribution is -2.50. The molecule has 1 aromatic carbocycles.